The molecule has 0 spiro atoms. The molecule has 2 rings (SSSR count). The van der Waals surface area contributed by atoms with E-state index >= 15 is 0 Å². The number of halogens is 1. The van der Waals surface area contributed by atoms with E-state index in [0.29, 0.717) is 24.5 Å². The SMILES string of the molecule is O=C(CCCOc1ccccc1)NC(=S)Nc1ccc(Cl)cc1. The van der Waals surface area contributed by atoms with Crippen molar-refractivity contribution in [2.75, 3.05) is 11.9 Å². The average Bonchev–Trinajstić information content (AvgIpc) is 2.55. The zero-order valence-corrected chi connectivity index (χ0v) is 14.0. The molecule has 1 amide bonds. The van der Waals surface area contributed by atoms with E-state index in [9.17, 15) is 4.79 Å². The number of hydrogen-bond acceptors (Lipinski definition) is 3. The van der Waals surface area contributed by atoms with Crippen molar-refractivity contribution < 1.29 is 9.53 Å². The molecule has 23 heavy (non-hydrogen) atoms. The van der Waals surface area contributed by atoms with Gasteiger partial charge in [0.2, 0.25) is 5.91 Å². The molecule has 0 bridgehead atoms. The Morgan fingerprint density at radius 1 is 1.09 bits per heavy atom. The van der Waals surface area contributed by atoms with Crippen molar-refractivity contribution in [1.82, 2.24) is 5.32 Å². The van der Waals surface area contributed by atoms with Crippen molar-refractivity contribution in [2.45, 2.75) is 12.8 Å². The normalized spacial score (nSPS) is 9.96. The number of carbonyl (C=O) groups excluding carboxylic acids is 1. The number of amides is 1. The van der Waals surface area contributed by atoms with Crippen LogP contribution in [0.3, 0.4) is 0 Å². The highest BCUT2D eigenvalue weighted by atomic mass is 35.5. The van der Waals surface area contributed by atoms with Gasteiger partial charge in [0, 0.05) is 17.1 Å². The molecule has 2 aromatic carbocycles. The molecule has 0 aliphatic rings. The van der Waals surface area contributed by atoms with E-state index in [1.807, 2.05) is 30.3 Å². The van der Waals surface area contributed by atoms with Gasteiger partial charge in [0.25, 0.3) is 0 Å². The number of hydrogen-bond donors (Lipinski definition) is 2. The smallest absolute Gasteiger partial charge is 0.226 e. The average molecular weight is 349 g/mol. The van der Waals surface area contributed by atoms with Crippen molar-refractivity contribution >= 4 is 40.5 Å². The lowest BCUT2D eigenvalue weighted by atomic mass is 10.3. The second-order valence-electron chi connectivity index (χ2n) is 4.77. The van der Waals surface area contributed by atoms with Crippen molar-refractivity contribution in [2.24, 2.45) is 0 Å². The van der Waals surface area contributed by atoms with E-state index in [2.05, 4.69) is 10.6 Å². The molecule has 6 heteroatoms. The quantitative estimate of drug-likeness (QED) is 0.611. The Labute approximate surface area is 145 Å². The Morgan fingerprint density at radius 3 is 2.48 bits per heavy atom. The molecule has 0 radical (unpaired) electrons. The molecule has 2 N–H and O–H groups in total. The van der Waals surface area contributed by atoms with Crippen LogP contribution in [0, 0.1) is 0 Å². The largest absolute Gasteiger partial charge is 0.494 e. The summed E-state index contributed by atoms with van der Waals surface area (Å²) in [5, 5.41) is 6.47. The molecule has 0 fully saturated rings. The van der Waals surface area contributed by atoms with Gasteiger partial charge in [-0.25, -0.2) is 0 Å². The lowest BCUT2D eigenvalue weighted by Gasteiger charge is -2.10. The van der Waals surface area contributed by atoms with Gasteiger partial charge in [0.05, 0.1) is 6.61 Å². The fraction of sp³-hybridized carbons (Fsp3) is 0.176. The van der Waals surface area contributed by atoms with E-state index in [0.717, 1.165) is 11.4 Å². The molecule has 0 unspecified atom stereocenters. The molecule has 0 aromatic heterocycles. The second-order valence-corrected chi connectivity index (χ2v) is 5.62. The van der Waals surface area contributed by atoms with Gasteiger partial charge in [-0.3, -0.25) is 4.79 Å². The molecule has 0 aliphatic heterocycles. The number of ether oxygens (including phenoxy) is 1. The standard InChI is InChI=1S/C17H17ClN2O2S/c18-13-8-10-14(11-9-13)19-17(23)20-16(21)7-4-12-22-15-5-2-1-3-6-15/h1-3,5-6,8-11H,4,7,12H2,(H2,19,20,21,23). The van der Waals surface area contributed by atoms with Crippen LogP contribution in [-0.4, -0.2) is 17.6 Å². The second kappa shape index (κ2) is 9.12. The first kappa shape index (κ1) is 17.2. The fourth-order valence-corrected chi connectivity index (χ4v) is 2.18. The van der Waals surface area contributed by atoms with Crippen LogP contribution < -0.4 is 15.4 Å². The van der Waals surface area contributed by atoms with Crippen LogP contribution in [-0.2, 0) is 4.79 Å². The maximum absolute atomic E-state index is 11.8. The minimum atomic E-state index is -0.145. The maximum atomic E-state index is 11.8. The van der Waals surface area contributed by atoms with Gasteiger partial charge in [-0.05, 0) is 55.0 Å². The first-order chi connectivity index (χ1) is 11.1. The lowest BCUT2D eigenvalue weighted by Crippen LogP contribution is -2.34. The Bertz CT molecular complexity index is 647. The molecule has 2 aromatic rings. The van der Waals surface area contributed by atoms with E-state index in [4.69, 9.17) is 28.6 Å². The highest BCUT2D eigenvalue weighted by Crippen LogP contribution is 2.13. The number of carbonyl (C=O) groups is 1. The van der Waals surface area contributed by atoms with E-state index in [-0.39, 0.29) is 11.0 Å². The third-order valence-electron chi connectivity index (χ3n) is 2.92. The van der Waals surface area contributed by atoms with E-state index in [1.165, 1.54) is 0 Å². The summed E-state index contributed by atoms with van der Waals surface area (Å²) in [7, 11) is 0. The Balaban J connectivity index is 1.64. The van der Waals surface area contributed by atoms with Crippen LogP contribution in [0.15, 0.2) is 54.6 Å². The van der Waals surface area contributed by atoms with Crippen LogP contribution in [0.5, 0.6) is 5.75 Å². The summed E-state index contributed by atoms with van der Waals surface area (Å²) in [6.45, 7) is 0.481. The monoisotopic (exact) mass is 348 g/mol. The van der Waals surface area contributed by atoms with Crippen molar-refractivity contribution in [3.05, 3.63) is 59.6 Å². The number of rotatable bonds is 6. The van der Waals surface area contributed by atoms with Crippen LogP contribution in [0.4, 0.5) is 5.69 Å². The highest BCUT2D eigenvalue weighted by Gasteiger charge is 2.05. The lowest BCUT2D eigenvalue weighted by molar-refractivity contribution is -0.119. The van der Waals surface area contributed by atoms with E-state index < -0.39 is 0 Å². The molecule has 0 heterocycles. The molecule has 0 aliphatic carbocycles. The predicted octanol–water partition coefficient (Wildman–Crippen LogP) is 4.01. The summed E-state index contributed by atoms with van der Waals surface area (Å²) in [5.41, 5.74) is 0.770. The Hall–Kier alpha value is -2.11. The topological polar surface area (TPSA) is 50.4 Å². The van der Waals surface area contributed by atoms with Crippen LogP contribution in [0.1, 0.15) is 12.8 Å². The summed E-state index contributed by atoms with van der Waals surface area (Å²) >= 11 is 10.9. The summed E-state index contributed by atoms with van der Waals surface area (Å²) < 4.78 is 5.53. The van der Waals surface area contributed by atoms with Crippen LogP contribution in [0.2, 0.25) is 5.02 Å². The summed E-state index contributed by atoms with van der Waals surface area (Å²) in [6, 6.07) is 16.6. The van der Waals surface area contributed by atoms with Crippen LogP contribution >= 0.6 is 23.8 Å². The zero-order valence-electron chi connectivity index (χ0n) is 12.4. The first-order valence-electron chi connectivity index (χ1n) is 7.18. The number of benzene rings is 2. The number of para-hydroxylation sites is 1. The third kappa shape index (κ3) is 6.67. The number of thiocarbonyl (C=S) groups is 1. The van der Waals surface area contributed by atoms with Crippen molar-refractivity contribution in [3.8, 4) is 5.75 Å². The van der Waals surface area contributed by atoms with Gasteiger partial charge < -0.3 is 15.4 Å². The first-order valence-corrected chi connectivity index (χ1v) is 7.96. The summed E-state index contributed by atoms with van der Waals surface area (Å²) in [6.07, 6.45) is 0.958. The van der Waals surface area contributed by atoms with Gasteiger partial charge in [0.1, 0.15) is 5.75 Å². The third-order valence-corrected chi connectivity index (χ3v) is 3.37. The minimum absolute atomic E-state index is 0.145. The molecular weight excluding hydrogens is 332 g/mol. The van der Waals surface area contributed by atoms with Gasteiger partial charge in [-0.2, -0.15) is 0 Å². The predicted molar refractivity (Wildman–Crippen MR) is 97.0 cm³/mol. The molecule has 0 saturated carbocycles. The minimum Gasteiger partial charge on any atom is -0.494 e. The van der Waals surface area contributed by atoms with Crippen molar-refractivity contribution in [3.63, 3.8) is 0 Å². The molecule has 120 valence electrons. The molecular formula is C17H17ClN2O2S. The van der Waals surface area contributed by atoms with Crippen molar-refractivity contribution in [1.29, 1.82) is 0 Å². The van der Waals surface area contributed by atoms with Gasteiger partial charge >= 0.3 is 0 Å². The number of anilines is 1. The molecule has 0 atom stereocenters. The molecule has 4 nitrogen and oxygen atoms in total. The van der Waals surface area contributed by atoms with Gasteiger partial charge in [-0.1, -0.05) is 29.8 Å². The molecule has 0 saturated heterocycles. The summed E-state index contributed by atoms with van der Waals surface area (Å²) in [5.74, 6) is 0.654. The van der Waals surface area contributed by atoms with Gasteiger partial charge in [-0.15, -0.1) is 0 Å². The van der Waals surface area contributed by atoms with Crippen LogP contribution in [0.25, 0.3) is 0 Å². The Morgan fingerprint density at radius 2 is 1.78 bits per heavy atom. The maximum Gasteiger partial charge on any atom is 0.226 e. The Kier molecular flexibility index (Phi) is 6.84. The number of nitrogens with one attached hydrogen (secondary N) is 2. The van der Waals surface area contributed by atoms with Gasteiger partial charge in [0.15, 0.2) is 5.11 Å². The van der Waals surface area contributed by atoms with E-state index in [1.54, 1.807) is 24.3 Å². The summed E-state index contributed by atoms with van der Waals surface area (Å²) in [4.78, 5) is 11.8. The fourth-order valence-electron chi connectivity index (χ4n) is 1.82. The zero-order chi connectivity index (χ0) is 16.5. The highest BCUT2D eigenvalue weighted by molar-refractivity contribution is 7.80.